The largest absolute Gasteiger partial charge is 0.452 e. The predicted octanol–water partition coefficient (Wildman–Crippen LogP) is 11.0. The van der Waals surface area contributed by atoms with Gasteiger partial charge in [-0.15, -0.1) is 11.6 Å². The van der Waals surface area contributed by atoms with Crippen molar-refractivity contribution >= 4 is 17.6 Å². The molecule has 0 aromatic carbocycles. The third-order valence-electron chi connectivity index (χ3n) is 10.8. The quantitative estimate of drug-likeness (QED) is 0.0318. The van der Waals surface area contributed by atoms with Crippen molar-refractivity contribution in [3.63, 3.8) is 0 Å². The van der Waals surface area contributed by atoms with Crippen LogP contribution in [-0.4, -0.2) is 40.4 Å². The number of aliphatic hydroxyl groups excluding tert-OH is 2. The molecule has 2 N–H and O–H groups in total. The lowest BCUT2D eigenvalue weighted by Crippen LogP contribution is -2.40. The molecule has 0 saturated heterocycles. The van der Waals surface area contributed by atoms with E-state index in [1.807, 2.05) is 0 Å². The van der Waals surface area contributed by atoms with Crippen LogP contribution in [0.2, 0.25) is 0 Å². The average Bonchev–Trinajstić information content (AvgIpc) is 3.29. The maximum Gasteiger partial charge on any atom is 0.306 e. The van der Waals surface area contributed by atoms with Gasteiger partial charge >= 0.3 is 5.97 Å². The van der Waals surface area contributed by atoms with Gasteiger partial charge in [0.15, 0.2) is 6.61 Å². The molecule has 2 rings (SSSR count). The molecule has 0 spiro atoms. The van der Waals surface area contributed by atoms with Crippen LogP contribution in [0.4, 0.5) is 0 Å². The molecule has 2 saturated carbocycles. The summed E-state index contributed by atoms with van der Waals surface area (Å²) in [5.74, 6) is 6.16. The second-order valence-corrected chi connectivity index (χ2v) is 14.8. The fourth-order valence-electron chi connectivity index (χ4n) is 7.30. The minimum Gasteiger partial charge on any atom is -0.452 e. The minimum atomic E-state index is -0.435. The highest BCUT2D eigenvalue weighted by Gasteiger charge is 2.42. The van der Waals surface area contributed by atoms with Gasteiger partial charge in [-0.25, -0.2) is 0 Å². The average molecular weight is 661 g/mol. The second kappa shape index (κ2) is 25.7. The summed E-state index contributed by atoms with van der Waals surface area (Å²) in [5.41, 5.74) is 0.0982. The van der Waals surface area contributed by atoms with Crippen molar-refractivity contribution in [3.8, 4) is 11.8 Å². The molecule has 0 bridgehead atoms. The van der Waals surface area contributed by atoms with Crippen molar-refractivity contribution in [1.82, 2.24) is 0 Å². The first-order valence-corrected chi connectivity index (χ1v) is 19.8. The molecule has 0 aromatic heterocycles. The van der Waals surface area contributed by atoms with Crippen molar-refractivity contribution < 1.29 is 19.7 Å². The monoisotopic (exact) mass is 660 g/mol. The zero-order chi connectivity index (χ0) is 33.3. The zero-order valence-electron chi connectivity index (χ0n) is 29.7. The predicted molar refractivity (Wildman–Crippen MR) is 195 cm³/mol. The number of rotatable bonds is 26. The van der Waals surface area contributed by atoms with Gasteiger partial charge in [0, 0.05) is 24.1 Å². The number of carbonyl (C=O) groups is 1. The third kappa shape index (κ3) is 16.7. The highest BCUT2D eigenvalue weighted by molar-refractivity contribution is 6.21. The van der Waals surface area contributed by atoms with Crippen molar-refractivity contribution in [2.75, 3.05) is 6.61 Å². The van der Waals surface area contributed by atoms with Crippen molar-refractivity contribution in [1.29, 1.82) is 0 Å². The van der Waals surface area contributed by atoms with E-state index in [1.165, 1.54) is 89.9 Å². The molecule has 0 unspecified atom stereocenters. The number of ether oxygens (including phenoxy) is 1. The van der Waals surface area contributed by atoms with E-state index in [1.54, 1.807) is 0 Å². The molecule has 0 amide bonds. The summed E-state index contributed by atoms with van der Waals surface area (Å²) < 4.78 is 5.28. The van der Waals surface area contributed by atoms with Crippen LogP contribution in [0.1, 0.15) is 174 Å². The number of unbranched alkanes of at least 4 members (excludes halogenated alkanes) is 15. The van der Waals surface area contributed by atoms with Gasteiger partial charge in [-0.2, -0.15) is 0 Å². The summed E-state index contributed by atoms with van der Waals surface area (Å²) >= 11 is 6.61. The van der Waals surface area contributed by atoms with Gasteiger partial charge < -0.3 is 14.9 Å². The minimum absolute atomic E-state index is 0.0174. The normalized spacial score (nSPS) is 23.0. The topological polar surface area (TPSA) is 66.8 Å². The fraction of sp³-hybridized carbons (Fsp3) is 0.829. The van der Waals surface area contributed by atoms with Crippen LogP contribution in [0.15, 0.2) is 24.3 Å². The number of hydrogen-bond acceptors (Lipinski definition) is 4. The molecule has 264 valence electrons. The van der Waals surface area contributed by atoms with E-state index in [9.17, 15) is 15.0 Å². The lowest BCUT2D eigenvalue weighted by molar-refractivity contribution is -0.142. The van der Waals surface area contributed by atoms with Crippen LogP contribution >= 0.6 is 11.6 Å². The molecule has 0 aromatic rings. The summed E-state index contributed by atoms with van der Waals surface area (Å²) in [7, 11) is 0. The number of halogens is 1. The Balaban J connectivity index is 1.44. The number of esters is 1. The van der Waals surface area contributed by atoms with Crippen LogP contribution in [0, 0.1) is 29.1 Å². The summed E-state index contributed by atoms with van der Waals surface area (Å²) in [4.78, 5) is 12.0. The van der Waals surface area contributed by atoms with Gasteiger partial charge in [0.05, 0.1) is 12.2 Å². The Morgan fingerprint density at radius 3 is 2.11 bits per heavy atom. The summed E-state index contributed by atoms with van der Waals surface area (Å²) in [6.07, 6.45) is 36.1. The Hall–Kier alpha value is -1.28. The zero-order valence-corrected chi connectivity index (χ0v) is 30.4. The van der Waals surface area contributed by atoms with E-state index in [0.717, 1.165) is 51.4 Å². The summed E-state index contributed by atoms with van der Waals surface area (Å²) in [6, 6.07) is 0. The highest BCUT2D eigenvalue weighted by atomic mass is 35.5. The van der Waals surface area contributed by atoms with E-state index in [-0.39, 0.29) is 41.3 Å². The lowest BCUT2D eigenvalue weighted by Gasteiger charge is -2.45. The van der Waals surface area contributed by atoms with Crippen LogP contribution in [-0.2, 0) is 9.53 Å². The lowest BCUT2D eigenvalue weighted by atomic mass is 9.63. The van der Waals surface area contributed by atoms with E-state index in [2.05, 4.69) is 50.0 Å². The first-order valence-electron chi connectivity index (χ1n) is 19.4. The summed E-state index contributed by atoms with van der Waals surface area (Å²) in [5, 5.41) is 21.3. The van der Waals surface area contributed by atoms with E-state index >= 15 is 0 Å². The van der Waals surface area contributed by atoms with Gasteiger partial charge in [-0.3, -0.25) is 4.79 Å². The molecule has 5 atom stereocenters. The van der Waals surface area contributed by atoms with Crippen LogP contribution in [0.25, 0.3) is 0 Å². The molecule has 4 nitrogen and oxygen atoms in total. The first kappa shape index (κ1) is 40.9. The van der Waals surface area contributed by atoms with Gasteiger partial charge in [0.25, 0.3) is 0 Å². The SMILES string of the molecule is CCCCCCCCCCCCCCCCC#CCOC(=O)CCCC=CC[C@@H]1[C@@H](C=CC[C@H](O)C2(CC)CCC2)[C@H](O)C[C@H]1Cl. The van der Waals surface area contributed by atoms with Crippen LogP contribution < -0.4 is 0 Å². The number of hydrogen-bond donors (Lipinski definition) is 2. The Morgan fingerprint density at radius 1 is 0.891 bits per heavy atom. The van der Waals surface area contributed by atoms with E-state index in [4.69, 9.17) is 16.3 Å². The summed E-state index contributed by atoms with van der Waals surface area (Å²) in [6.45, 7) is 4.65. The number of carbonyl (C=O) groups excluding carboxylic acids is 1. The third-order valence-corrected chi connectivity index (χ3v) is 11.3. The maximum atomic E-state index is 12.0. The van der Waals surface area contributed by atoms with Crippen LogP contribution in [0.3, 0.4) is 0 Å². The standard InChI is InChI=1S/C41H69ClO4/c1-3-5-6-7-8-9-10-11-12-13-14-15-16-17-18-21-24-33-46-40(45)30-23-20-19-22-27-35-36(38(43)34-37(35)42)28-25-29-39(44)41(4-2)31-26-32-41/h19,22,25,28,35-39,43-44H,3-18,20,23,26-27,29-34H2,1-2H3/t35-,36-,37-,38-,39+/m1/s1. The number of aliphatic hydroxyl groups is 2. The second-order valence-electron chi connectivity index (χ2n) is 14.3. The molecule has 2 aliphatic rings. The molecule has 0 aliphatic heterocycles. The number of allylic oxidation sites excluding steroid dienone is 2. The highest BCUT2D eigenvalue weighted by Crippen LogP contribution is 2.48. The first-order chi connectivity index (χ1) is 22.4. The smallest absolute Gasteiger partial charge is 0.306 e. The van der Waals surface area contributed by atoms with E-state index < -0.39 is 6.10 Å². The molecule has 0 radical (unpaired) electrons. The van der Waals surface area contributed by atoms with Crippen molar-refractivity contribution in [2.24, 2.45) is 17.3 Å². The molecule has 0 heterocycles. The Kier molecular flexibility index (Phi) is 22.8. The maximum absolute atomic E-state index is 12.0. The van der Waals surface area contributed by atoms with Gasteiger partial charge in [0.1, 0.15) is 0 Å². The molecular weight excluding hydrogens is 592 g/mol. The Bertz CT molecular complexity index is 892. The molecular formula is C41H69ClO4. The Labute approximate surface area is 288 Å². The van der Waals surface area contributed by atoms with Crippen LogP contribution in [0.5, 0.6) is 0 Å². The fourth-order valence-corrected chi connectivity index (χ4v) is 7.76. The van der Waals surface area contributed by atoms with E-state index in [0.29, 0.717) is 19.3 Å². The van der Waals surface area contributed by atoms with Gasteiger partial charge in [-0.1, -0.05) is 140 Å². The van der Waals surface area contributed by atoms with Gasteiger partial charge in [0.2, 0.25) is 0 Å². The molecule has 2 fully saturated rings. The molecule has 2 aliphatic carbocycles. The molecule has 46 heavy (non-hydrogen) atoms. The van der Waals surface area contributed by atoms with Gasteiger partial charge in [-0.05, 0) is 69.1 Å². The van der Waals surface area contributed by atoms with Crippen molar-refractivity contribution in [2.45, 2.75) is 192 Å². The molecule has 5 heteroatoms. The Morgan fingerprint density at radius 2 is 1.52 bits per heavy atom. The van der Waals surface area contributed by atoms with Crippen molar-refractivity contribution in [3.05, 3.63) is 24.3 Å². The number of alkyl halides is 1.